The van der Waals surface area contributed by atoms with Gasteiger partial charge in [0.05, 0.1) is 23.3 Å². The molecule has 2 aromatic carbocycles. The Balaban J connectivity index is 1.39. The molecule has 2 heterocycles. The number of carbonyl (C=O) groups is 3. The summed E-state index contributed by atoms with van der Waals surface area (Å²) in [7, 11) is 1.36. The first-order chi connectivity index (χ1) is 17.7. The van der Waals surface area contributed by atoms with Gasteiger partial charge in [-0.2, -0.15) is 0 Å². The summed E-state index contributed by atoms with van der Waals surface area (Å²) in [5.41, 5.74) is 1.52. The van der Waals surface area contributed by atoms with E-state index in [4.69, 9.17) is 22.1 Å². The van der Waals surface area contributed by atoms with E-state index in [1.165, 1.54) is 47.6 Å². The molecule has 0 saturated carbocycles. The molecule has 4 rings (SSSR count). The zero-order chi connectivity index (χ0) is 26.7. The molecule has 1 aromatic heterocycles. The minimum Gasteiger partial charge on any atom is -0.495 e. The van der Waals surface area contributed by atoms with Crippen LogP contribution in [0.15, 0.2) is 52.7 Å². The highest BCUT2D eigenvalue weighted by molar-refractivity contribution is 8.26. The molecule has 2 amide bonds. The number of hydrogen-bond donors (Lipinski definition) is 2. The minimum absolute atomic E-state index is 0.0156. The Labute approximate surface area is 223 Å². The number of rotatable bonds is 8. The monoisotopic (exact) mass is 560 g/mol. The van der Waals surface area contributed by atoms with E-state index < -0.39 is 23.5 Å². The lowest BCUT2D eigenvalue weighted by Crippen LogP contribution is -2.31. The SMILES string of the molecule is COc1cc(C(=O)O)ccc1NC(=O)CCN1C(=O)/C(=C/c2cc(-c3ccc(F)c(F)c3)cs2)SC1=S. The Morgan fingerprint density at radius 3 is 2.62 bits per heavy atom. The second-order valence-corrected chi connectivity index (χ2v) is 10.3. The molecular formula is C25H18F2N2O5S3. The highest BCUT2D eigenvalue weighted by Gasteiger charge is 2.32. The number of thiocarbonyl (C=S) groups is 1. The third-order valence-corrected chi connectivity index (χ3v) is 7.56. The van der Waals surface area contributed by atoms with Crippen molar-refractivity contribution in [1.82, 2.24) is 4.90 Å². The maximum Gasteiger partial charge on any atom is 0.335 e. The predicted molar refractivity (Wildman–Crippen MR) is 143 cm³/mol. The smallest absolute Gasteiger partial charge is 0.335 e. The van der Waals surface area contributed by atoms with E-state index in [2.05, 4.69) is 5.32 Å². The van der Waals surface area contributed by atoms with Crippen LogP contribution in [0.4, 0.5) is 14.5 Å². The Kier molecular flexibility index (Phi) is 8.00. The van der Waals surface area contributed by atoms with E-state index in [1.54, 1.807) is 17.5 Å². The van der Waals surface area contributed by atoms with Crippen molar-refractivity contribution in [2.45, 2.75) is 6.42 Å². The zero-order valence-electron chi connectivity index (χ0n) is 19.1. The number of thioether (sulfide) groups is 1. The van der Waals surface area contributed by atoms with E-state index in [0.717, 1.165) is 28.8 Å². The maximum absolute atomic E-state index is 13.6. The number of amides is 2. The van der Waals surface area contributed by atoms with Gasteiger partial charge < -0.3 is 15.2 Å². The van der Waals surface area contributed by atoms with E-state index >= 15 is 0 Å². The fourth-order valence-electron chi connectivity index (χ4n) is 3.43. The van der Waals surface area contributed by atoms with E-state index in [-0.39, 0.29) is 30.2 Å². The summed E-state index contributed by atoms with van der Waals surface area (Å²) >= 11 is 7.77. The van der Waals surface area contributed by atoms with Crippen LogP contribution in [0.5, 0.6) is 5.75 Å². The Morgan fingerprint density at radius 2 is 1.92 bits per heavy atom. The quantitative estimate of drug-likeness (QED) is 0.272. The topological polar surface area (TPSA) is 95.9 Å². The van der Waals surface area contributed by atoms with E-state index in [1.807, 2.05) is 0 Å². The van der Waals surface area contributed by atoms with Gasteiger partial charge in [-0.25, -0.2) is 13.6 Å². The maximum atomic E-state index is 13.6. The minimum atomic E-state index is -1.12. The van der Waals surface area contributed by atoms with Gasteiger partial charge in [-0.05, 0) is 59.0 Å². The lowest BCUT2D eigenvalue weighted by Gasteiger charge is -2.15. The second-order valence-electron chi connectivity index (χ2n) is 7.72. The summed E-state index contributed by atoms with van der Waals surface area (Å²) in [4.78, 5) is 39.0. The molecule has 37 heavy (non-hydrogen) atoms. The third kappa shape index (κ3) is 6.04. The number of nitrogens with zero attached hydrogens (tertiary/aromatic N) is 1. The number of thiophene rings is 1. The second kappa shape index (κ2) is 11.2. The number of anilines is 1. The number of carbonyl (C=O) groups excluding carboxylic acids is 2. The number of aromatic carboxylic acids is 1. The average Bonchev–Trinajstić information content (AvgIpc) is 3.43. The normalized spacial score (nSPS) is 14.4. The van der Waals surface area contributed by atoms with Crippen molar-refractivity contribution in [2.24, 2.45) is 0 Å². The van der Waals surface area contributed by atoms with E-state index in [9.17, 15) is 23.2 Å². The van der Waals surface area contributed by atoms with Crippen LogP contribution in [0, 0.1) is 11.6 Å². The summed E-state index contributed by atoms with van der Waals surface area (Å²) in [6.45, 7) is 0.0495. The number of ether oxygens (including phenoxy) is 1. The van der Waals surface area contributed by atoms with Crippen LogP contribution in [0.25, 0.3) is 17.2 Å². The molecule has 2 N–H and O–H groups in total. The Morgan fingerprint density at radius 1 is 1.14 bits per heavy atom. The highest BCUT2D eigenvalue weighted by atomic mass is 32.2. The highest BCUT2D eigenvalue weighted by Crippen LogP contribution is 2.35. The average molecular weight is 561 g/mol. The molecule has 1 fully saturated rings. The van der Waals surface area contributed by atoms with E-state index in [0.29, 0.717) is 26.0 Å². The molecule has 0 unspecified atom stereocenters. The van der Waals surface area contributed by atoms with Crippen molar-refractivity contribution in [3.05, 3.63) is 74.8 Å². The Bertz CT molecular complexity index is 1450. The lowest BCUT2D eigenvalue weighted by molar-refractivity contribution is -0.122. The molecule has 1 aliphatic rings. The molecule has 0 bridgehead atoms. The summed E-state index contributed by atoms with van der Waals surface area (Å²) < 4.78 is 32.2. The van der Waals surface area contributed by atoms with Crippen LogP contribution in [0.3, 0.4) is 0 Å². The van der Waals surface area contributed by atoms with Gasteiger partial charge in [0.2, 0.25) is 5.91 Å². The molecule has 0 radical (unpaired) electrons. The van der Waals surface area contributed by atoms with Crippen molar-refractivity contribution in [1.29, 1.82) is 0 Å². The first-order valence-corrected chi connectivity index (χ1v) is 12.8. The van der Waals surface area contributed by atoms with Crippen LogP contribution >= 0.6 is 35.3 Å². The molecule has 0 aliphatic carbocycles. The Hall–Kier alpha value is -3.61. The number of nitrogens with one attached hydrogen (secondary N) is 1. The van der Waals surface area contributed by atoms with Gasteiger partial charge >= 0.3 is 5.97 Å². The van der Waals surface area contributed by atoms with Gasteiger partial charge in [-0.1, -0.05) is 30.0 Å². The molecule has 12 heteroatoms. The summed E-state index contributed by atoms with van der Waals surface area (Å²) in [5.74, 6) is -3.54. The van der Waals surface area contributed by atoms with Gasteiger partial charge in [-0.3, -0.25) is 14.5 Å². The van der Waals surface area contributed by atoms with Crippen LogP contribution < -0.4 is 10.1 Å². The molecular weight excluding hydrogens is 542 g/mol. The van der Waals surface area contributed by atoms with Gasteiger partial charge in [0, 0.05) is 17.8 Å². The van der Waals surface area contributed by atoms with Crippen molar-refractivity contribution in [2.75, 3.05) is 19.0 Å². The van der Waals surface area contributed by atoms with Crippen molar-refractivity contribution in [3.8, 4) is 16.9 Å². The molecule has 1 aliphatic heterocycles. The molecule has 0 spiro atoms. The number of carboxylic acids is 1. The summed E-state index contributed by atoms with van der Waals surface area (Å²) in [6, 6.07) is 9.48. The molecule has 3 aromatic rings. The van der Waals surface area contributed by atoms with Crippen molar-refractivity contribution >= 4 is 69.2 Å². The number of benzene rings is 2. The van der Waals surface area contributed by atoms with Crippen LogP contribution in [0.1, 0.15) is 21.7 Å². The third-order valence-electron chi connectivity index (χ3n) is 5.30. The van der Waals surface area contributed by atoms with Crippen LogP contribution in [-0.4, -0.2) is 45.8 Å². The molecule has 0 atom stereocenters. The number of carboxylic acid groups (broad SMARTS) is 1. The zero-order valence-corrected chi connectivity index (χ0v) is 21.6. The largest absolute Gasteiger partial charge is 0.495 e. The molecule has 1 saturated heterocycles. The number of halogens is 2. The van der Waals surface area contributed by atoms with Gasteiger partial charge in [0.25, 0.3) is 5.91 Å². The molecule has 7 nitrogen and oxygen atoms in total. The lowest BCUT2D eigenvalue weighted by atomic mass is 10.1. The van der Waals surface area contributed by atoms with Gasteiger partial charge in [0.1, 0.15) is 10.1 Å². The van der Waals surface area contributed by atoms with Gasteiger partial charge in [-0.15, -0.1) is 11.3 Å². The summed E-state index contributed by atoms with van der Waals surface area (Å²) in [5, 5.41) is 13.5. The first-order valence-electron chi connectivity index (χ1n) is 10.7. The fraction of sp³-hybridized carbons (Fsp3) is 0.120. The number of hydrogen-bond acceptors (Lipinski definition) is 7. The predicted octanol–water partition coefficient (Wildman–Crippen LogP) is 5.63. The van der Waals surface area contributed by atoms with Crippen LogP contribution in [-0.2, 0) is 9.59 Å². The number of methoxy groups -OCH3 is 1. The van der Waals surface area contributed by atoms with Gasteiger partial charge in [0.15, 0.2) is 11.6 Å². The molecule has 190 valence electrons. The van der Waals surface area contributed by atoms with Crippen LogP contribution in [0.2, 0.25) is 0 Å². The standard InChI is InChI=1S/C25H18F2N2O5S3/c1-34-20-10-14(24(32)33)3-5-19(20)28-22(30)6-7-29-23(31)21(37-25(29)35)11-16-8-15(12-36-16)13-2-4-17(26)18(27)9-13/h2-5,8-12H,6-7H2,1H3,(H,28,30)(H,32,33)/b21-11-. The van der Waals surface area contributed by atoms with Crippen molar-refractivity contribution < 1.29 is 33.0 Å². The summed E-state index contributed by atoms with van der Waals surface area (Å²) in [6.07, 6.45) is 1.62. The fourth-order valence-corrected chi connectivity index (χ4v) is 5.65. The van der Waals surface area contributed by atoms with Crippen molar-refractivity contribution in [3.63, 3.8) is 0 Å². The first kappa shape index (κ1) is 26.5.